The van der Waals surface area contributed by atoms with Crippen molar-refractivity contribution in [2.45, 2.75) is 18.9 Å². The summed E-state index contributed by atoms with van der Waals surface area (Å²) >= 11 is 7.29. The third-order valence-corrected chi connectivity index (χ3v) is 5.90. The monoisotopic (exact) mass is 390 g/mol. The Hall–Kier alpha value is -1.96. The number of methoxy groups -OCH3 is 1. The zero-order valence-electron chi connectivity index (χ0n) is 14.4. The highest BCUT2D eigenvalue weighted by Crippen LogP contribution is 2.31. The zero-order valence-corrected chi connectivity index (χ0v) is 16.0. The van der Waals surface area contributed by atoms with E-state index in [1.807, 2.05) is 17.0 Å². The van der Waals surface area contributed by atoms with Crippen molar-refractivity contribution >= 4 is 40.0 Å². The van der Waals surface area contributed by atoms with Crippen LogP contribution in [0.25, 0.3) is 11.2 Å². The maximum Gasteiger partial charge on any atom is 0.263 e. The lowest BCUT2D eigenvalue weighted by Crippen LogP contribution is -2.28. The molecule has 0 saturated carbocycles. The van der Waals surface area contributed by atoms with E-state index < -0.39 is 0 Å². The van der Waals surface area contributed by atoms with E-state index in [2.05, 4.69) is 9.55 Å². The molecule has 1 fully saturated rings. The molecular weight excluding hydrogens is 372 g/mol. The van der Waals surface area contributed by atoms with Crippen LogP contribution in [0.3, 0.4) is 0 Å². The highest BCUT2D eigenvalue weighted by Gasteiger charge is 2.32. The molecule has 0 N–H and O–H groups in total. The molecule has 3 aromatic rings. The quantitative estimate of drug-likeness (QED) is 0.669. The number of imidazole rings is 1. The SMILES string of the molecule is COCCn1c(C2CCN(C(=O)c3ccc(Cl)s3)C2)nc2cccnc21. The number of hydrogen-bond donors (Lipinski definition) is 0. The fourth-order valence-corrected chi connectivity index (χ4v) is 4.44. The van der Waals surface area contributed by atoms with Crippen LogP contribution < -0.4 is 0 Å². The molecule has 3 aromatic heterocycles. The number of rotatable bonds is 5. The number of halogens is 1. The number of pyridine rings is 1. The normalized spacial score (nSPS) is 17.3. The summed E-state index contributed by atoms with van der Waals surface area (Å²) < 4.78 is 8.01. The van der Waals surface area contributed by atoms with E-state index in [0.717, 1.165) is 30.0 Å². The lowest BCUT2D eigenvalue weighted by Gasteiger charge is -2.16. The van der Waals surface area contributed by atoms with Crippen molar-refractivity contribution in [3.8, 4) is 0 Å². The summed E-state index contributed by atoms with van der Waals surface area (Å²) in [4.78, 5) is 24.5. The van der Waals surface area contributed by atoms with E-state index in [1.54, 1.807) is 25.4 Å². The molecule has 0 aromatic carbocycles. The molecule has 1 atom stereocenters. The van der Waals surface area contributed by atoms with Crippen LogP contribution in [-0.4, -0.2) is 52.1 Å². The molecule has 1 saturated heterocycles. The number of amides is 1. The van der Waals surface area contributed by atoms with Crippen LogP contribution in [-0.2, 0) is 11.3 Å². The van der Waals surface area contributed by atoms with Crippen molar-refractivity contribution < 1.29 is 9.53 Å². The van der Waals surface area contributed by atoms with Crippen LogP contribution >= 0.6 is 22.9 Å². The van der Waals surface area contributed by atoms with Crippen LogP contribution in [0.5, 0.6) is 0 Å². The fraction of sp³-hybridized carbons (Fsp3) is 0.389. The first-order chi connectivity index (χ1) is 12.7. The second-order valence-electron chi connectivity index (χ2n) is 6.30. The maximum absolute atomic E-state index is 12.7. The van der Waals surface area contributed by atoms with Crippen molar-refractivity contribution in [2.24, 2.45) is 0 Å². The van der Waals surface area contributed by atoms with Gasteiger partial charge in [-0.25, -0.2) is 9.97 Å². The Labute approximate surface area is 160 Å². The largest absolute Gasteiger partial charge is 0.383 e. The van der Waals surface area contributed by atoms with E-state index in [4.69, 9.17) is 21.3 Å². The highest BCUT2D eigenvalue weighted by atomic mass is 35.5. The molecule has 0 radical (unpaired) electrons. The van der Waals surface area contributed by atoms with Crippen molar-refractivity contribution in [3.05, 3.63) is 45.5 Å². The predicted molar refractivity (Wildman–Crippen MR) is 102 cm³/mol. The van der Waals surface area contributed by atoms with Gasteiger partial charge in [0.25, 0.3) is 5.91 Å². The molecule has 1 aliphatic heterocycles. The minimum atomic E-state index is 0.0436. The smallest absolute Gasteiger partial charge is 0.263 e. The van der Waals surface area contributed by atoms with Gasteiger partial charge < -0.3 is 14.2 Å². The lowest BCUT2D eigenvalue weighted by molar-refractivity contribution is 0.0795. The van der Waals surface area contributed by atoms with Crippen molar-refractivity contribution in [1.29, 1.82) is 0 Å². The molecule has 136 valence electrons. The van der Waals surface area contributed by atoms with Gasteiger partial charge in [0.05, 0.1) is 15.8 Å². The molecule has 1 aliphatic rings. The standard InChI is InChI=1S/C18H19ClN4O2S/c1-25-10-9-23-16(21-13-3-2-7-20-17(13)23)12-6-8-22(11-12)18(24)14-4-5-15(19)26-14/h2-5,7,12H,6,8-11H2,1H3. The number of likely N-dealkylation sites (tertiary alicyclic amines) is 1. The molecule has 8 heteroatoms. The number of thiophene rings is 1. The first-order valence-electron chi connectivity index (χ1n) is 8.52. The third kappa shape index (κ3) is 3.22. The van der Waals surface area contributed by atoms with Gasteiger partial charge in [-0.1, -0.05) is 11.6 Å². The first-order valence-corrected chi connectivity index (χ1v) is 9.71. The van der Waals surface area contributed by atoms with E-state index in [1.165, 1.54) is 11.3 Å². The van der Waals surface area contributed by atoms with Crippen molar-refractivity contribution in [3.63, 3.8) is 0 Å². The summed E-state index contributed by atoms with van der Waals surface area (Å²) in [7, 11) is 1.69. The van der Waals surface area contributed by atoms with Gasteiger partial charge in [-0.3, -0.25) is 4.79 Å². The molecule has 26 heavy (non-hydrogen) atoms. The molecule has 0 aliphatic carbocycles. The summed E-state index contributed by atoms with van der Waals surface area (Å²) in [6.45, 7) is 2.67. The molecule has 6 nitrogen and oxygen atoms in total. The van der Waals surface area contributed by atoms with Gasteiger partial charge in [0.1, 0.15) is 11.3 Å². The van der Waals surface area contributed by atoms with Crippen LogP contribution in [0, 0.1) is 0 Å². The lowest BCUT2D eigenvalue weighted by atomic mass is 10.1. The minimum absolute atomic E-state index is 0.0436. The number of carbonyl (C=O) groups excluding carboxylic acids is 1. The predicted octanol–water partition coefficient (Wildman–Crippen LogP) is 3.42. The number of hydrogen-bond acceptors (Lipinski definition) is 5. The summed E-state index contributed by atoms with van der Waals surface area (Å²) in [5, 5.41) is 0. The van der Waals surface area contributed by atoms with E-state index in [0.29, 0.717) is 28.9 Å². The second-order valence-corrected chi connectivity index (χ2v) is 8.02. The Balaban J connectivity index is 1.59. The number of carbonyl (C=O) groups is 1. The second kappa shape index (κ2) is 7.34. The van der Waals surface area contributed by atoms with Gasteiger partial charge in [0.2, 0.25) is 0 Å². The first kappa shape index (κ1) is 17.5. The molecule has 0 spiro atoms. The Bertz CT molecular complexity index is 938. The summed E-state index contributed by atoms with van der Waals surface area (Å²) in [5.74, 6) is 1.22. The molecule has 4 heterocycles. The molecule has 0 bridgehead atoms. The van der Waals surface area contributed by atoms with Crippen LogP contribution in [0.4, 0.5) is 0 Å². The van der Waals surface area contributed by atoms with Crippen LogP contribution in [0.2, 0.25) is 4.34 Å². The fourth-order valence-electron chi connectivity index (χ4n) is 3.43. The Morgan fingerprint density at radius 2 is 2.31 bits per heavy atom. The summed E-state index contributed by atoms with van der Waals surface area (Å²) in [5.41, 5.74) is 1.75. The Kier molecular flexibility index (Phi) is 4.93. The number of ether oxygens (including phenoxy) is 1. The Morgan fingerprint density at radius 3 is 3.08 bits per heavy atom. The summed E-state index contributed by atoms with van der Waals surface area (Å²) in [6, 6.07) is 7.43. The highest BCUT2D eigenvalue weighted by molar-refractivity contribution is 7.17. The molecule has 1 unspecified atom stereocenters. The van der Waals surface area contributed by atoms with Gasteiger partial charge in [-0.05, 0) is 30.7 Å². The Morgan fingerprint density at radius 1 is 1.42 bits per heavy atom. The van der Waals surface area contributed by atoms with E-state index in [9.17, 15) is 4.79 Å². The van der Waals surface area contributed by atoms with Crippen molar-refractivity contribution in [1.82, 2.24) is 19.4 Å². The molecule has 4 rings (SSSR count). The van der Waals surface area contributed by atoms with Gasteiger partial charge in [0, 0.05) is 38.9 Å². The van der Waals surface area contributed by atoms with Gasteiger partial charge in [-0.2, -0.15) is 0 Å². The average molecular weight is 391 g/mol. The molecular formula is C18H19ClN4O2S. The summed E-state index contributed by atoms with van der Waals surface area (Å²) in [6.07, 6.45) is 2.67. The van der Waals surface area contributed by atoms with Crippen LogP contribution in [0.1, 0.15) is 27.8 Å². The van der Waals surface area contributed by atoms with Gasteiger partial charge >= 0.3 is 0 Å². The zero-order chi connectivity index (χ0) is 18.1. The number of nitrogens with zero attached hydrogens (tertiary/aromatic N) is 4. The van der Waals surface area contributed by atoms with Crippen LogP contribution in [0.15, 0.2) is 30.5 Å². The minimum Gasteiger partial charge on any atom is -0.383 e. The number of aromatic nitrogens is 3. The average Bonchev–Trinajstić information content (AvgIpc) is 3.37. The van der Waals surface area contributed by atoms with E-state index >= 15 is 0 Å². The van der Waals surface area contributed by atoms with Gasteiger partial charge in [0.15, 0.2) is 5.65 Å². The molecule has 1 amide bonds. The van der Waals surface area contributed by atoms with Gasteiger partial charge in [-0.15, -0.1) is 11.3 Å². The van der Waals surface area contributed by atoms with Crippen molar-refractivity contribution in [2.75, 3.05) is 26.8 Å². The van der Waals surface area contributed by atoms with E-state index in [-0.39, 0.29) is 11.8 Å². The number of fused-ring (bicyclic) bond motifs is 1. The maximum atomic E-state index is 12.7. The third-order valence-electron chi connectivity index (χ3n) is 4.68. The topological polar surface area (TPSA) is 60.2 Å².